The molecule has 2 atom stereocenters. The van der Waals surface area contributed by atoms with Gasteiger partial charge in [-0.3, -0.25) is 4.72 Å². The summed E-state index contributed by atoms with van der Waals surface area (Å²) in [6, 6.07) is 9.50. The smallest absolute Gasteiger partial charge is 0.263 e. The highest BCUT2D eigenvalue weighted by Crippen LogP contribution is 2.41. The average molecular weight is 483 g/mol. The summed E-state index contributed by atoms with van der Waals surface area (Å²) in [7, 11) is -3.81. The number of ether oxygens (including phenoxy) is 2. The molecule has 1 aliphatic heterocycles. The van der Waals surface area contributed by atoms with Crippen molar-refractivity contribution in [3.63, 3.8) is 0 Å². The molecule has 4 rings (SSSR count). The molecule has 6 nitrogen and oxygen atoms in total. The SMILES string of the molecule is CC[C@@H]1C[C@@H](Oc2ccc(CF)cc2Cl)c2ccc(S(=O)(=O)Nc3nccs3)cc2O1. The maximum atomic E-state index is 12.9. The lowest BCUT2D eigenvalue weighted by atomic mass is 9.97. The molecule has 3 aromatic rings. The van der Waals surface area contributed by atoms with E-state index >= 15 is 0 Å². The second-order valence-electron chi connectivity index (χ2n) is 7.03. The summed E-state index contributed by atoms with van der Waals surface area (Å²) in [6.07, 6.45) is 2.30. The molecule has 1 aliphatic rings. The van der Waals surface area contributed by atoms with Gasteiger partial charge in [-0.25, -0.2) is 17.8 Å². The molecule has 0 spiro atoms. The zero-order valence-corrected chi connectivity index (χ0v) is 18.9. The highest BCUT2D eigenvalue weighted by atomic mass is 35.5. The first-order valence-corrected chi connectivity index (χ1v) is 12.4. The molecule has 2 heterocycles. The quantitative estimate of drug-likeness (QED) is 0.464. The van der Waals surface area contributed by atoms with Gasteiger partial charge in [0, 0.05) is 29.6 Å². The normalized spacial score (nSPS) is 18.2. The number of hydrogen-bond acceptors (Lipinski definition) is 6. The van der Waals surface area contributed by atoms with Crippen LogP contribution in [0.15, 0.2) is 52.9 Å². The van der Waals surface area contributed by atoms with E-state index < -0.39 is 16.7 Å². The van der Waals surface area contributed by atoms with E-state index in [1.54, 1.807) is 23.6 Å². The average Bonchev–Trinajstić information content (AvgIpc) is 3.26. The van der Waals surface area contributed by atoms with E-state index in [0.717, 1.165) is 12.0 Å². The number of benzene rings is 2. The number of alkyl halides is 1. The van der Waals surface area contributed by atoms with Crippen LogP contribution in [0.4, 0.5) is 9.52 Å². The molecule has 10 heteroatoms. The minimum absolute atomic E-state index is 0.0716. The predicted octanol–water partition coefficient (Wildman–Crippen LogP) is 5.75. The minimum Gasteiger partial charge on any atom is -0.490 e. The number of halogens is 2. The third kappa shape index (κ3) is 4.78. The highest BCUT2D eigenvalue weighted by Gasteiger charge is 2.31. The molecule has 0 aliphatic carbocycles. The summed E-state index contributed by atoms with van der Waals surface area (Å²) in [6.45, 7) is 1.38. The molecule has 1 N–H and O–H groups in total. The summed E-state index contributed by atoms with van der Waals surface area (Å²) >= 11 is 7.46. The topological polar surface area (TPSA) is 77.5 Å². The van der Waals surface area contributed by atoms with Crippen LogP contribution in [0.2, 0.25) is 5.02 Å². The largest absolute Gasteiger partial charge is 0.490 e. The second-order valence-corrected chi connectivity index (χ2v) is 10.0. The Morgan fingerprint density at radius 2 is 2.16 bits per heavy atom. The second kappa shape index (κ2) is 9.02. The summed E-state index contributed by atoms with van der Waals surface area (Å²) in [5.74, 6) is 0.885. The Labute approximate surface area is 189 Å². The molecule has 2 aromatic carbocycles. The van der Waals surface area contributed by atoms with Crippen molar-refractivity contribution in [2.45, 2.75) is 43.5 Å². The summed E-state index contributed by atoms with van der Waals surface area (Å²) < 4.78 is 53.0. The van der Waals surface area contributed by atoms with Gasteiger partial charge in [0.25, 0.3) is 10.0 Å². The Morgan fingerprint density at radius 3 is 2.84 bits per heavy atom. The van der Waals surface area contributed by atoms with Crippen molar-refractivity contribution in [2.24, 2.45) is 0 Å². The van der Waals surface area contributed by atoms with E-state index in [-0.39, 0.29) is 22.2 Å². The van der Waals surface area contributed by atoms with Crippen LogP contribution in [0.3, 0.4) is 0 Å². The number of sulfonamides is 1. The van der Waals surface area contributed by atoms with Crippen LogP contribution in [-0.4, -0.2) is 19.5 Å². The van der Waals surface area contributed by atoms with Crippen molar-refractivity contribution in [2.75, 3.05) is 4.72 Å². The molecular weight excluding hydrogens is 463 g/mol. The van der Waals surface area contributed by atoms with Crippen LogP contribution in [-0.2, 0) is 16.7 Å². The molecule has 0 bridgehead atoms. The summed E-state index contributed by atoms with van der Waals surface area (Å²) in [5.41, 5.74) is 1.20. The minimum atomic E-state index is -3.81. The van der Waals surface area contributed by atoms with Gasteiger partial charge in [-0.15, -0.1) is 11.3 Å². The van der Waals surface area contributed by atoms with E-state index in [2.05, 4.69) is 9.71 Å². The van der Waals surface area contributed by atoms with Crippen LogP contribution in [0.1, 0.15) is 37.0 Å². The van der Waals surface area contributed by atoms with E-state index in [1.807, 2.05) is 6.92 Å². The Kier molecular flexibility index (Phi) is 6.36. The summed E-state index contributed by atoms with van der Waals surface area (Å²) in [5, 5.41) is 2.30. The van der Waals surface area contributed by atoms with E-state index in [0.29, 0.717) is 28.5 Å². The highest BCUT2D eigenvalue weighted by molar-refractivity contribution is 7.93. The maximum Gasteiger partial charge on any atom is 0.263 e. The van der Waals surface area contributed by atoms with Gasteiger partial charge in [0.1, 0.15) is 30.4 Å². The predicted molar refractivity (Wildman–Crippen MR) is 118 cm³/mol. The van der Waals surface area contributed by atoms with Crippen LogP contribution in [0, 0.1) is 0 Å². The number of thiazole rings is 1. The van der Waals surface area contributed by atoms with Gasteiger partial charge in [0.15, 0.2) is 5.13 Å². The lowest BCUT2D eigenvalue weighted by Crippen LogP contribution is -2.28. The van der Waals surface area contributed by atoms with Gasteiger partial charge < -0.3 is 9.47 Å². The summed E-state index contributed by atoms with van der Waals surface area (Å²) in [4.78, 5) is 4.03. The maximum absolute atomic E-state index is 12.9. The fraction of sp³-hybridized carbons (Fsp3) is 0.286. The molecule has 0 amide bonds. The van der Waals surface area contributed by atoms with Crippen molar-refractivity contribution in [1.29, 1.82) is 0 Å². The van der Waals surface area contributed by atoms with Gasteiger partial charge in [-0.2, -0.15) is 0 Å². The third-order valence-electron chi connectivity index (χ3n) is 4.94. The number of nitrogens with one attached hydrogen (secondary N) is 1. The molecule has 0 fully saturated rings. The van der Waals surface area contributed by atoms with E-state index in [4.69, 9.17) is 21.1 Å². The first-order valence-electron chi connectivity index (χ1n) is 9.63. The van der Waals surface area contributed by atoms with Crippen molar-refractivity contribution in [3.05, 3.63) is 64.1 Å². The number of hydrogen-bond donors (Lipinski definition) is 1. The van der Waals surface area contributed by atoms with Crippen LogP contribution in [0.5, 0.6) is 11.5 Å². The fourth-order valence-corrected chi connectivity index (χ4v) is 5.38. The fourth-order valence-electron chi connectivity index (χ4n) is 3.33. The van der Waals surface area contributed by atoms with Gasteiger partial charge in [-0.1, -0.05) is 30.7 Å². The van der Waals surface area contributed by atoms with Crippen LogP contribution >= 0.6 is 22.9 Å². The molecule has 0 radical (unpaired) electrons. The van der Waals surface area contributed by atoms with Gasteiger partial charge in [0.2, 0.25) is 0 Å². The van der Waals surface area contributed by atoms with Gasteiger partial charge in [-0.05, 0) is 30.2 Å². The Balaban J connectivity index is 1.64. The van der Waals surface area contributed by atoms with Crippen molar-refractivity contribution >= 4 is 38.1 Å². The Morgan fingerprint density at radius 1 is 1.32 bits per heavy atom. The van der Waals surface area contributed by atoms with Gasteiger partial charge in [0.05, 0.1) is 9.92 Å². The monoisotopic (exact) mass is 482 g/mol. The number of anilines is 1. The first-order chi connectivity index (χ1) is 14.9. The molecule has 0 unspecified atom stereocenters. The van der Waals surface area contributed by atoms with Crippen molar-refractivity contribution < 1.29 is 22.3 Å². The Hall–Kier alpha value is -2.36. The number of fused-ring (bicyclic) bond motifs is 1. The molecular formula is C21H20ClFN2O4S2. The van der Waals surface area contributed by atoms with E-state index in [9.17, 15) is 12.8 Å². The standard InChI is InChI=1S/C21H20ClFN2O4S2/c1-2-14-10-19(29-18-6-3-13(12-23)9-17(18)22)16-5-4-15(11-20(16)28-14)31(26,27)25-21-24-7-8-30-21/h3-9,11,14,19H,2,10,12H2,1H3,(H,24,25)/t14-,19-/m1/s1. The zero-order valence-electron chi connectivity index (χ0n) is 16.5. The van der Waals surface area contributed by atoms with Crippen molar-refractivity contribution in [1.82, 2.24) is 4.98 Å². The molecule has 1 aromatic heterocycles. The lowest BCUT2D eigenvalue weighted by molar-refractivity contribution is 0.0787. The molecule has 0 saturated carbocycles. The zero-order chi connectivity index (χ0) is 22.0. The van der Waals surface area contributed by atoms with Crippen LogP contribution in [0.25, 0.3) is 0 Å². The van der Waals surface area contributed by atoms with Crippen LogP contribution < -0.4 is 14.2 Å². The van der Waals surface area contributed by atoms with E-state index in [1.165, 1.54) is 35.7 Å². The Bertz CT molecular complexity index is 1170. The van der Waals surface area contributed by atoms with Crippen molar-refractivity contribution in [3.8, 4) is 11.5 Å². The number of nitrogens with zero attached hydrogens (tertiary/aromatic N) is 1. The molecule has 31 heavy (non-hydrogen) atoms. The number of rotatable bonds is 7. The number of aromatic nitrogens is 1. The third-order valence-corrected chi connectivity index (χ3v) is 7.39. The molecule has 164 valence electrons. The first kappa shape index (κ1) is 21.9. The molecule has 0 saturated heterocycles. The van der Waals surface area contributed by atoms with Gasteiger partial charge >= 0.3 is 0 Å². The lowest BCUT2D eigenvalue weighted by Gasteiger charge is -2.32.